The molecule has 25 heavy (non-hydrogen) atoms. The van der Waals surface area contributed by atoms with Crippen LogP contribution in [0.5, 0.6) is 17.5 Å². The molecule has 0 saturated carbocycles. The number of aromatic nitrogens is 1. The summed E-state index contributed by atoms with van der Waals surface area (Å²) in [6.07, 6.45) is -4.40. The van der Waals surface area contributed by atoms with Crippen LogP contribution >= 0.6 is 11.3 Å². The van der Waals surface area contributed by atoms with Gasteiger partial charge in [0.1, 0.15) is 23.1 Å². The summed E-state index contributed by atoms with van der Waals surface area (Å²) in [5.74, 6) is 0.0722. The lowest BCUT2D eigenvalue weighted by Gasteiger charge is -2.07. The van der Waals surface area contributed by atoms with Crippen LogP contribution in [0.1, 0.15) is 10.4 Å². The number of halogens is 4. The van der Waals surface area contributed by atoms with Crippen molar-refractivity contribution in [2.45, 2.75) is 12.8 Å². The highest BCUT2D eigenvalue weighted by Crippen LogP contribution is 2.37. The van der Waals surface area contributed by atoms with E-state index >= 15 is 0 Å². The van der Waals surface area contributed by atoms with E-state index in [2.05, 4.69) is 4.98 Å². The first-order valence-electron chi connectivity index (χ1n) is 7.08. The largest absolute Gasteiger partial charge is 0.473 e. The van der Waals surface area contributed by atoms with Crippen molar-refractivity contribution >= 4 is 11.3 Å². The molecule has 0 unspecified atom stereocenters. The summed E-state index contributed by atoms with van der Waals surface area (Å²) in [5, 5.41) is 1.26. The van der Waals surface area contributed by atoms with Crippen molar-refractivity contribution in [3.05, 3.63) is 70.2 Å². The van der Waals surface area contributed by atoms with Gasteiger partial charge in [0.2, 0.25) is 11.8 Å². The fraction of sp³-hybridized carbons (Fsp3) is 0.118. The van der Waals surface area contributed by atoms with Gasteiger partial charge in [0.25, 0.3) is 0 Å². The van der Waals surface area contributed by atoms with Crippen LogP contribution in [-0.2, 0) is 12.8 Å². The highest BCUT2D eigenvalue weighted by Gasteiger charge is 2.32. The first-order valence-corrected chi connectivity index (χ1v) is 7.96. The molecule has 0 fully saturated rings. The molecule has 0 aliphatic rings. The van der Waals surface area contributed by atoms with Gasteiger partial charge in [-0.25, -0.2) is 4.39 Å². The lowest BCUT2D eigenvalue weighted by Crippen LogP contribution is -2.00. The number of pyridine rings is 1. The van der Waals surface area contributed by atoms with E-state index in [9.17, 15) is 17.6 Å². The summed E-state index contributed by atoms with van der Waals surface area (Å²) in [5.41, 5.74) is 0.752. The van der Waals surface area contributed by atoms with E-state index in [1.54, 1.807) is 24.3 Å². The minimum atomic E-state index is -4.40. The first-order chi connectivity index (χ1) is 11.9. The van der Waals surface area contributed by atoms with Gasteiger partial charge in [-0.15, -0.1) is 11.3 Å². The van der Waals surface area contributed by atoms with E-state index in [0.29, 0.717) is 11.3 Å². The smallest absolute Gasteiger partial charge is 0.425 e. The molecule has 2 aromatic heterocycles. The maximum absolute atomic E-state index is 12.8. The molecule has 0 aliphatic heterocycles. The normalized spacial score (nSPS) is 11.4. The number of hydrogen-bond acceptors (Lipinski definition) is 4. The molecular weight excluding hydrogens is 358 g/mol. The van der Waals surface area contributed by atoms with Gasteiger partial charge in [0.05, 0.1) is 0 Å². The zero-order valence-electron chi connectivity index (χ0n) is 12.6. The van der Waals surface area contributed by atoms with Crippen LogP contribution in [0.4, 0.5) is 17.6 Å². The van der Waals surface area contributed by atoms with Gasteiger partial charge >= 0.3 is 6.18 Å². The number of rotatable bonds is 5. The lowest BCUT2D eigenvalue weighted by molar-refractivity contribution is -0.134. The zero-order chi connectivity index (χ0) is 17.9. The van der Waals surface area contributed by atoms with Crippen LogP contribution in [-0.4, -0.2) is 4.98 Å². The summed E-state index contributed by atoms with van der Waals surface area (Å²) >= 11 is 0.549. The number of benzene rings is 1. The van der Waals surface area contributed by atoms with Crippen molar-refractivity contribution in [1.29, 1.82) is 0 Å². The van der Waals surface area contributed by atoms with Crippen LogP contribution in [0.2, 0.25) is 0 Å². The zero-order valence-corrected chi connectivity index (χ0v) is 13.4. The Labute approximate surface area is 144 Å². The van der Waals surface area contributed by atoms with Crippen molar-refractivity contribution in [2.24, 2.45) is 0 Å². The first kappa shape index (κ1) is 17.2. The van der Waals surface area contributed by atoms with E-state index in [1.165, 1.54) is 23.6 Å². The predicted molar refractivity (Wildman–Crippen MR) is 84.4 cm³/mol. The van der Waals surface area contributed by atoms with Gasteiger partial charge in [-0.2, -0.15) is 18.2 Å². The Hall–Kier alpha value is -2.61. The summed E-state index contributed by atoms with van der Waals surface area (Å²) in [7, 11) is 0. The number of alkyl halides is 3. The molecule has 0 aliphatic carbocycles. The lowest BCUT2D eigenvalue weighted by atomic mass is 10.2. The fourth-order valence-electron chi connectivity index (χ4n) is 1.91. The SMILES string of the molecule is Fc1ccc(COc2cccc(Oc3csc(C(F)(F)F)c3)n2)cc1. The highest BCUT2D eigenvalue weighted by atomic mass is 32.1. The predicted octanol–water partition coefficient (Wildman–Crippen LogP) is 5.67. The van der Waals surface area contributed by atoms with Crippen molar-refractivity contribution < 1.29 is 27.0 Å². The second-order valence-corrected chi connectivity index (χ2v) is 5.89. The molecular formula is C17H11F4NO2S. The standard InChI is InChI=1S/C17H11F4NO2S/c18-12-6-4-11(5-7-12)9-23-15-2-1-3-16(22-15)24-13-8-14(25-10-13)17(19,20)21/h1-8,10H,9H2. The second kappa shape index (κ2) is 7.10. The summed E-state index contributed by atoms with van der Waals surface area (Å²) in [6.45, 7) is 0.174. The average Bonchev–Trinajstić information content (AvgIpc) is 3.04. The van der Waals surface area contributed by atoms with Crippen molar-refractivity contribution in [3.63, 3.8) is 0 Å². The monoisotopic (exact) mass is 369 g/mol. The third-order valence-corrected chi connectivity index (χ3v) is 4.03. The van der Waals surface area contributed by atoms with Crippen LogP contribution in [0.3, 0.4) is 0 Å². The number of hydrogen-bond donors (Lipinski definition) is 0. The summed E-state index contributed by atoms with van der Waals surface area (Å²) in [6, 6.07) is 11.4. The minimum absolute atomic E-state index is 0.0560. The molecule has 0 saturated heterocycles. The van der Waals surface area contributed by atoms with Crippen molar-refractivity contribution in [1.82, 2.24) is 4.98 Å². The summed E-state index contributed by atoms with van der Waals surface area (Å²) < 4.78 is 61.4. The summed E-state index contributed by atoms with van der Waals surface area (Å²) in [4.78, 5) is 3.33. The molecule has 130 valence electrons. The quantitative estimate of drug-likeness (QED) is 0.543. The Balaban J connectivity index is 1.65. The van der Waals surface area contributed by atoms with E-state index < -0.39 is 11.1 Å². The molecule has 8 heteroatoms. The molecule has 0 N–H and O–H groups in total. The van der Waals surface area contributed by atoms with Gasteiger partial charge in [-0.3, -0.25) is 0 Å². The van der Waals surface area contributed by atoms with Gasteiger partial charge in [-0.05, 0) is 17.7 Å². The molecule has 0 atom stereocenters. The number of nitrogens with zero attached hydrogens (tertiary/aromatic N) is 1. The van der Waals surface area contributed by atoms with E-state index in [0.717, 1.165) is 11.6 Å². The third-order valence-electron chi connectivity index (χ3n) is 3.08. The molecule has 3 aromatic rings. The Morgan fingerprint density at radius 3 is 2.40 bits per heavy atom. The van der Waals surface area contributed by atoms with Gasteiger partial charge < -0.3 is 9.47 Å². The maximum Gasteiger partial charge on any atom is 0.425 e. The maximum atomic E-state index is 12.8. The van der Waals surface area contributed by atoms with Crippen LogP contribution in [0.15, 0.2) is 53.9 Å². The van der Waals surface area contributed by atoms with Crippen LogP contribution in [0, 0.1) is 5.82 Å². The third kappa shape index (κ3) is 4.69. The van der Waals surface area contributed by atoms with E-state index in [4.69, 9.17) is 9.47 Å². The topological polar surface area (TPSA) is 31.4 Å². The Morgan fingerprint density at radius 1 is 1.00 bits per heavy atom. The fourth-order valence-corrected chi connectivity index (χ4v) is 2.59. The van der Waals surface area contributed by atoms with E-state index in [1.807, 2.05) is 0 Å². The van der Waals surface area contributed by atoms with Crippen molar-refractivity contribution in [2.75, 3.05) is 0 Å². The van der Waals surface area contributed by atoms with Gasteiger partial charge in [0, 0.05) is 23.6 Å². The molecule has 3 rings (SSSR count). The number of ether oxygens (including phenoxy) is 2. The minimum Gasteiger partial charge on any atom is -0.473 e. The number of thiophene rings is 1. The molecule has 3 nitrogen and oxygen atoms in total. The van der Waals surface area contributed by atoms with Crippen molar-refractivity contribution in [3.8, 4) is 17.5 Å². The molecule has 0 bridgehead atoms. The molecule has 1 aromatic carbocycles. The van der Waals surface area contributed by atoms with E-state index in [-0.39, 0.29) is 29.9 Å². The highest BCUT2D eigenvalue weighted by molar-refractivity contribution is 7.10. The molecule has 0 spiro atoms. The Kier molecular flexibility index (Phi) is 4.89. The molecule has 0 amide bonds. The van der Waals surface area contributed by atoms with Gasteiger partial charge in [-0.1, -0.05) is 18.2 Å². The average molecular weight is 369 g/mol. The van der Waals surface area contributed by atoms with Gasteiger partial charge in [0.15, 0.2) is 0 Å². The Morgan fingerprint density at radius 2 is 1.72 bits per heavy atom. The Bertz CT molecular complexity index is 846. The molecule has 2 heterocycles. The second-order valence-electron chi connectivity index (χ2n) is 4.98. The van der Waals surface area contributed by atoms with Crippen LogP contribution < -0.4 is 9.47 Å². The molecule has 0 radical (unpaired) electrons. The van der Waals surface area contributed by atoms with Crippen LogP contribution in [0.25, 0.3) is 0 Å².